The van der Waals surface area contributed by atoms with Gasteiger partial charge in [0.2, 0.25) is 5.91 Å². The summed E-state index contributed by atoms with van der Waals surface area (Å²) in [5.41, 5.74) is 1.02. The fourth-order valence-corrected chi connectivity index (χ4v) is 5.59. The van der Waals surface area contributed by atoms with Crippen LogP contribution in [0.3, 0.4) is 0 Å². The van der Waals surface area contributed by atoms with Crippen molar-refractivity contribution < 1.29 is 4.79 Å². The summed E-state index contributed by atoms with van der Waals surface area (Å²) >= 11 is 7.88. The molecule has 2 heterocycles. The quantitative estimate of drug-likeness (QED) is 0.763. The number of nitrogens with one attached hydrogen (secondary N) is 1. The van der Waals surface area contributed by atoms with Gasteiger partial charge in [0.15, 0.2) is 0 Å². The normalized spacial score (nSPS) is 20.2. The van der Waals surface area contributed by atoms with Gasteiger partial charge in [0, 0.05) is 29.9 Å². The molecule has 0 atom stereocenters. The summed E-state index contributed by atoms with van der Waals surface area (Å²) in [6, 6.07) is 6.38. The average Bonchev–Trinajstić information content (AvgIpc) is 3.11. The number of carbonyl (C=O) groups excluding carboxylic acids is 1. The lowest BCUT2D eigenvalue weighted by Gasteiger charge is -2.31. The summed E-state index contributed by atoms with van der Waals surface area (Å²) in [6.07, 6.45) is 9.03. The number of thiazole rings is 1. The number of fused-ring (bicyclic) bond motifs is 1. The molecular weight excluding hydrogens is 378 g/mol. The van der Waals surface area contributed by atoms with Crippen LogP contribution < -0.4 is 5.32 Å². The van der Waals surface area contributed by atoms with Crippen LogP contribution in [0, 0.1) is 0 Å². The zero-order valence-corrected chi connectivity index (χ0v) is 17.3. The number of hydrogen-bond donors (Lipinski definition) is 1. The molecule has 1 saturated heterocycles. The first-order valence-electron chi connectivity index (χ1n) is 10.2. The van der Waals surface area contributed by atoms with Gasteiger partial charge in [0.25, 0.3) is 0 Å². The van der Waals surface area contributed by atoms with E-state index in [-0.39, 0.29) is 5.91 Å². The molecule has 6 heteroatoms. The minimum absolute atomic E-state index is 0.229. The van der Waals surface area contributed by atoms with Crippen molar-refractivity contribution in [3.8, 4) is 0 Å². The number of aromatic nitrogens is 1. The van der Waals surface area contributed by atoms with Crippen molar-refractivity contribution in [3.63, 3.8) is 0 Å². The van der Waals surface area contributed by atoms with Gasteiger partial charge in [-0.2, -0.15) is 0 Å². The minimum atomic E-state index is 0.229. The largest absolute Gasteiger partial charge is 0.353 e. The van der Waals surface area contributed by atoms with E-state index >= 15 is 0 Å². The van der Waals surface area contributed by atoms with Crippen molar-refractivity contribution in [3.05, 3.63) is 28.2 Å². The first kappa shape index (κ1) is 19.2. The van der Waals surface area contributed by atoms with Crippen LogP contribution in [0.1, 0.15) is 62.3 Å². The molecule has 2 fully saturated rings. The molecule has 0 bridgehead atoms. The fourth-order valence-electron chi connectivity index (χ4n) is 4.30. The van der Waals surface area contributed by atoms with E-state index in [1.807, 2.05) is 12.1 Å². The molecule has 0 spiro atoms. The van der Waals surface area contributed by atoms with Crippen LogP contribution in [-0.4, -0.2) is 41.5 Å². The third-order valence-electron chi connectivity index (χ3n) is 5.93. The van der Waals surface area contributed by atoms with Crippen molar-refractivity contribution in [1.82, 2.24) is 15.2 Å². The number of carbonyl (C=O) groups is 1. The molecule has 1 saturated carbocycles. The Bertz CT molecular complexity index is 779. The number of likely N-dealkylation sites (tertiary alicyclic amines) is 1. The summed E-state index contributed by atoms with van der Waals surface area (Å²) < 4.78 is 1.22. The molecule has 27 heavy (non-hydrogen) atoms. The van der Waals surface area contributed by atoms with Gasteiger partial charge in [-0.25, -0.2) is 4.98 Å². The second-order valence-electron chi connectivity index (χ2n) is 7.93. The lowest BCUT2D eigenvalue weighted by Crippen LogP contribution is -2.39. The molecule has 1 aromatic heterocycles. The lowest BCUT2D eigenvalue weighted by atomic mass is 9.95. The molecule has 1 aliphatic carbocycles. The van der Waals surface area contributed by atoms with E-state index in [0.717, 1.165) is 55.9 Å². The summed E-state index contributed by atoms with van der Waals surface area (Å²) in [4.78, 5) is 19.5. The van der Waals surface area contributed by atoms with E-state index in [2.05, 4.69) is 16.3 Å². The maximum absolute atomic E-state index is 12.2. The van der Waals surface area contributed by atoms with Crippen molar-refractivity contribution in [2.45, 2.75) is 63.3 Å². The molecule has 1 N–H and O–H groups in total. The van der Waals surface area contributed by atoms with Crippen LogP contribution in [0.4, 0.5) is 0 Å². The van der Waals surface area contributed by atoms with Gasteiger partial charge in [-0.05, 0) is 57.0 Å². The second-order valence-corrected chi connectivity index (χ2v) is 9.43. The minimum Gasteiger partial charge on any atom is -0.353 e. The van der Waals surface area contributed by atoms with Crippen molar-refractivity contribution in [2.24, 2.45) is 0 Å². The maximum Gasteiger partial charge on any atom is 0.221 e. The number of rotatable bonds is 5. The van der Waals surface area contributed by atoms with Crippen LogP contribution in [0.15, 0.2) is 18.2 Å². The monoisotopic (exact) mass is 405 g/mol. The van der Waals surface area contributed by atoms with Gasteiger partial charge in [0.1, 0.15) is 0 Å². The van der Waals surface area contributed by atoms with Crippen molar-refractivity contribution in [1.29, 1.82) is 0 Å². The Hall–Kier alpha value is -1.17. The number of amides is 1. The first-order chi connectivity index (χ1) is 13.2. The van der Waals surface area contributed by atoms with E-state index in [1.54, 1.807) is 11.3 Å². The van der Waals surface area contributed by atoms with Crippen LogP contribution in [0.5, 0.6) is 0 Å². The molecule has 1 amide bonds. The van der Waals surface area contributed by atoms with Gasteiger partial charge < -0.3 is 10.2 Å². The van der Waals surface area contributed by atoms with E-state index in [9.17, 15) is 4.79 Å². The molecule has 4 rings (SSSR count). The molecular formula is C21H28ClN3OS. The maximum atomic E-state index is 12.2. The molecule has 146 valence electrons. The molecule has 1 aromatic carbocycles. The van der Waals surface area contributed by atoms with Gasteiger partial charge in [0.05, 0.1) is 15.2 Å². The number of nitrogens with zero attached hydrogens (tertiary/aromatic N) is 2. The first-order valence-corrected chi connectivity index (χ1v) is 11.4. The van der Waals surface area contributed by atoms with Crippen LogP contribution in [0.25, 0.3) is 10.2 Å². The lowest BCUT2D eigenvalue weighted by molar-refractivity contribution is -0.122. The second kappa shape index (κ2) is 8.89. The zero-order valence-electron chi connectivity index (χ0n) is 15.8. The SMILES string of the molecule is O=C(CCN1CCC(c2nc3cc(Cl)ccc3s2)CC1)NC1CCCCC1. The van der Waals surface area contributed by atoms with E-state index in [4.69, 9.17) is 16.6 Å². The summed E-state index contributed by atoms with van der Waals surface area (Å²) in [5.74, 6) is 0.764. The topological polar surface area (TPSA) is 45.2 Å². The van der Waals surface area contributed by atoms with Gasteiger partial charge in [-0.3, -0.25) is 4.79 Å². The van der Waals surface area contributed by atoms with Gasteiger partial charge in [-0.1, -0.05) is 30.9 Å². The number of halogens is 1. The van der Waals surface area contributed by atoms with E-state index in [1.165, 1.54) is 29.0 Å². The van der Waals surface area contributed by atoms with Crippen LogP contribution >= 0.6 is 22.9 Å². The van der Waals surface area contributed by atoms with Crippen LogP contribution in [-0.2, 0) is 4.79 Å². The van der Waals surface area contributed by atoms with Gasteiger partial charge >= 0.3 is 0 Å². The molecule has 0 radical (unpaired) electrons. The molecule has 1 aliphatic heterocycles. The molecule has 0 unspecified atom stereocenters. The molecule has 2 aromatic rings. The fraction of sp³-hybridized carbons (Fsp3) is 0.619. The number of piperidine rings is 1. The summed E-state index contributed by atoms with van der Waals surface area (Å²) in [7, 11) is 0. The zero-order chi connectivity index (χ0) is 18.6. The standard InChI is InChI=1S/C21H28ClN3OS/c22-16-6-7-19-18(14-16)24-21(27-19)15-8-11-25(12-9-15)13-10-20(26)23-17-4-2-1-3-5-17/h6-7,14-15,17H,1-5,8-13H2,(H,23,26). The van der Waals surface area contributed by atoms with Crippen molar-refractivity contribution in [2.75, 3.05) is 19.6 Å². The highest BCUT2D eigenvalue weighted by Gasteiger charge is 2.24. The Kier molecular flexibility index (Phi) is 6.31. The average molecular weight is 406 g/mol. The Morgan fingerprint density at radius 3 is 2.74 bits per heavy atom. The van der Waals surface area contributed by atoms with Crippen molar-refractivity contribution >= 4 is 39.1 Å². The highest BCUT2D eigenvalue weighted by atomic mass is 35.5. The Balaban J connectivity index is 1.23. The Labute approximate surface area is 170 Å². The number of benzene rings is 1. The van der Waals surface area contributed by atoms with E-state index < -0.39 is 0 Å². The third-order valence-corrected chi connectivity index (χ3v) is 7.36. The smallest absolute Gasteiger partial charge is 0.221 e. The third kappa shape index (κ3) is 5.01. The predicted octanol–water partition coefficient (Wildman–Crippen LogP) is 4.97. The highest BCUT2D eigenvalue weighted by molar-refractivity contribution is 7.18. The molecule has 4 nitrogen and oxygen atoms in total. The highest BCUT2D eigenvalue weighted by Crippen LogP contribution is 2.34. The summed E-state index contributed by atoms with van der Waals surface area (Å²) in [6.45, 7) is 2.98. The number of hydrogen-bond acceptors (Lipinski definition) is 4. The van der Waals surface area contributed by atoms with Crippen LogP contribution in [0.2, 0.25) is 5.02 Å². The summed E-state index contributed by atoms with van der Waals surface area (Å²) in [5, 5.41) is 5.22. The van der Waals surface area contributed by atoms with Gasteiger partial charge in [-0.15, -0.1) is 11.3 Å². The Morgan fingerprint density at radius 2 is 1.96 bits per heavy atom. The Morgan fingerprint density at radius 1 is 1.19 bits per heavy atom. The predicted molar refractivity (Wildman–Crippen MR) is 113 cm³/mol. The molecule has 2 aliphatic rings. The van der Waals surface area contributed by atoms with E-state index in [0.29, 0.717) is 18.4 Å².